The molecule has 0 aliphatic heterocycles. The Morgan fingerprint density at radius 2 is 1.92 bits per heavy atom. The number of benzene rings is 1. The highest BCUT2D eigenvalue weighted by atomic mass is 16.5. The van der Waals surface area contributed by atoms with Crippen molar-refractivity contribution in [2.24, 2.45) is 0 Å². The molecular formula is C19H18N4O3. The molecule has 0 unspecified atom stereocenters. The van der Waals surface area contributed by atoms with Gasteiger partial charge >= 0.3 is 0 Å². The van der Waals surface area contributed by atoms with Crippen molar-refractivity contribution in [3.63, 3.8) is 0 Å². The predicted molar refractivity (Wildman–Crippen MR) is 98.0 cm³/mol. The first-order valence-corrected chi connectivity index (χ1v) is 8.24. The molecule has 0 radical (unpaired) electrons. The molecule has 0 aliphatic rings. The Balaban J connectivity index is 1.64. The predicted octanol–water partition coefficient (Wildman–Crippen LogP) is 2.30. The average molecular weight is 350 g/mol. The lowest BCUT2D eigenvalue weighted by atomic mass is 10.1. The van der Waals surface area contributed by atoms with E-state index < -0.39 is 0 Å². The molecule has 0 amide bonds. The van der Waals surface area contributed by atoms with Gasteiger partial charge in [0.25, 0.3) is 5.56 Å². The normalized spacial score (nSPS) is 11.2. The molecular weight excluding hydrogens is 332 g/mol. The van der Waals surface area contributed by atoms with E-state index in [0.29, 0.717) is 29.9 Å². The molecule has 7 heteroatoms. The Hall–Kier alpha value is -3.35. The van der Waals surface area contributed by atoms with Gasteiger partial charge in [-0.1, -0.05) is 6.07 Å². The van der Waals surface area contributed by atoms with Crippen LogP contribution < -0.4 is 15.0 Å². The van der Waals surface area contributed by atoms with Crippen LogP contribution in [-0.2, 0) is 13.0 Å². The number of aromatic nitrogens is 4. The average Bonchev–Trinajstić information content (AvgIpc) is 3.16. The van der Waals surface area contributed by atoms with Gasteiger partial charge in [0.05, 0.1) is 31.3 Å². The van der Waals surface area contributed by atoms with E-state index in [9.17, 15) is 4.79 Å². The summed E-state index contributed by atoms with van der Waals surface area (Å²) in [6, 6.07) is 9.48. The summed E-state index contributed by atoms with van der Waals surface area (Å²) >= 11 is 0. The number of pyridine rings is 1. The quantitative estimate of drug-likeness (QED) is 0.552. The van der Waals surface area contributed by atoms with Crippen molar-refractivity contribution in [2.45, 2.75) is 13.0 Å². The number of aryl methyl sites for hydroxylation is 2. The lowest BCUT2D eigenvalue weighted by Gasteiger charge is -2.11. The first-order chi connectivity index (χ1) is 12.7. The molecule has 0 N–H and O–H groups in total. The molecule has 3 aromatic heterocycles. The standard InChI is InChI=1S/C19H18N4O3/c1-25-16-4-3-13(11-17(16)26-2)6-9-22-10-7-15-14(19(22)24)12-20-18-5-8-21-23(15)18/h3-5,7-8,10-12H,6,9H2,1-2H3. The maximum atomic E-state index is 12.8. The summed E-state index contributed by atoms with van der Waals surface area (Å²) < 4.78 is 14.0. The van der Waals surface area contributed by atoms with Gasteiger partial charge in [0.1, 0.15) is 0 Å². The minimum absolute atomic E-state index is 0.0760. The molecule has 0 fully saturated rings. The monoisotopic (exact) mass is 350 g/mol. The Morgan fingerprint density at radius 1 is 1.08 bits per heavy atom. The summed E-state index contributed by atoms with van der Waals surface area (Å²) in [6.45, 7) is 0.557. The summed E-state index contributed by atoms with van der Waals surface area (Å²) in [4.78, 5) is 17.1. The van der Waals surface area contributed by atoms with Crippen LogP contribution in [0.3, 0.4) is 0 Å². The summed E-state index contributed by atoms with van der Waals surface area (Å²) in [6.07, 6.45) is 5.78. The fraction of sp³-hybridized carbons (Fsp3) is 0.211. The number of hydrogen-bond acceptors (Lipinski definition) is 5. The second-order valence-corrected chi connectivity index (χ2v) is 5.91. The minimum atomic E-state index is -0.0760. The second kappa shape index (κ2) is 6.51. The maximum Gasteiger partial charge on any atom is 0.261 e. The van der Waals surface area contributed by atoms with Gasteiger partial charge < -0.3 is 14.0 Å². The molecule has 0 saturated carbocycles. The van der Waals surface area contributed by atoms with Gasteiger partial charge in [-0.15, -0.1) is 0 Å². The Bertz CT molecular complexity index is 1150. The molecule has 4 aromatic rings. The Kier molecular flexibility index (Phi) is 4.04. The van der Waals surface area contributed by atoms with Crippen LogP contribution in [0.5, 0.6) is 11.5 Å². The third-order valence-electron chi connectivity index (χ3n) is 4.45. The smallest absolute Gasteiger partial charge is 0.261 e. The molecule has 7 nitrogen and oxygen atoms in total. The highest BCUT2D eigenvalue weighted by Crippen LogP contribution is 2.27. The zero-order valence-corrected chi connectivity index (χ0v) is 14.5. The molecule has 132 valence electrons. The lowest BCUT2D eigenvalue weighted by molar-refractivity contribution is 0.354. The number of nitrogens with zero attached hydrogens (tertiary/aromatic N) is 4. The van der Waals surface area contributed by atoms with Gasteiger partial charge in [-0.05, 0) is 30.2 Å². The highest BCUT2D eigenvalue weighted by Gasteiger charge is 2.09. The van der Waals surface area contributed by atoms with Crippen molar-refractivity contribution in [1.82, 2.24) is 19.2 Å². The van der Waals surface area contributed by atoms with E-state index in [1.165, 1.54) is 0 Å². The van der Waals surface area contributed by atoms with Crippen LogP contribution in [0.2, 0.25) is 0 Å². The van der Waals surface area contributed by atoms with Crippen LogP contribution in [0.15, 0.2) is 53.7 Å². The third kappa shape index (κ3) is 2.67. The second-order valence-electron chi connectivity index (χ2n) is 5.91. The summed E-state index contributed by atoms with van der Waals surface area (Å²) in [5, 5.41) is 4.78. The number of ether oxygens (including phenoxy) is 2. The van der Waals surface area contributed by atoms with Crippen molar-refractivity contribution in [2.75, 3.05) is 14.2 Å². The molecule has 4 rings (SSSR count). The van der Waals surface area contributed by atoms with Crippen molar-refractivity contribution in [1.29, 1.82) is 0 Å². The van der Waals surface area contributed by atoms with E-state index in [2.05, 4.69) is 10.1 Å². The van der Waals surface area contributed by atoms with E-state index in [-0.39, 0.29) is 5.56 Å². The van der Waals surface area contributed by atoms with Crippen LogP contribution in [0, 0.1) is 0 Å². The van der Waals surface area contributed by atoms with Gasteiger partial charge in [0, 0.05) is 25.0 Å². The van der Waals surface area contributed by atoms with Crippen LogP contribution in [-0.4, -0.2) is 33.4 Å². The Labute approximate surface area is 149 Å². The molecule has 0 aliphatic carbocycles. The molecule has 26 heavy (non-hydrogen) atoms. The van der Waals surface area contributed by atoms with Gasteiger partial charge in [-0.3, -0.25) is 4.79 Å². The van der Waals surface area contributed by atoms with Crippen LogP contribution >= 0.6 is 0 Å². The summed E-state index contributed by atoms with van der Waals surface area (Å²) in [7, 11) is 3.22. The number of rotatable bonds is 5. The third-order valence-corrected chi connectivity index (χ3v) is 4.45. The number of hydrogen-bond donors (Lipinski definition) is 0. The van der Waals surface area contributed by atoms with E-state index in [4.69, 9.17) is 9.47 Å². The van der Waals surface area contributed by atoms with Crippen molar-refractivity contribution < 1.29 is 9.47 Å². The van der Waals surface area contributed by atoms with E-state index in [1.807, 2.05) is 30.3 Å². The fourth-order valence-electron chi connectivity index (χ4n) is 3.06. The maximum absolute atomic E-state index is 12.8. The largest absolute Gasteiger partial charge is 0.493 e. The van der Waals surface area contributed by atoms with E-state index in [1.54, 1.807) is 41.9 Å². The van der Waals surface area contributed by atoms with Crippen molar-refractivity contribution in [3.8, 4) is 11.5 Å². The number of methoxy groups -OCH3 is 2. The minimum Gasteiger partial charge on any atom is -0.493 e. The zero-order chi connectivity index (χ0) is 18.1. The van der Waals surface area contributed by atoms with Gasteiger partial charge in [-0.2, -0.15) is 5.10 Å². The fourth-order valence-corrected chi connectivity index (χ4v) is 3.06. The van der Waals surface area contributed by atoms with Crippen LogP contribution in [0.1, 0.15) is 5.56 Å². The topological polar surface area (TPSA) is 70.6 Å². The molecule has 1 aromatic carbocycles. The van der Waals surface area contributed by atoms with Crippen molar-refractivity contribution >= 4 is 16.6 Å². The van der Waals surface area contributed by atoms with Crippen LogP contribution in [0.25, 0.3) is 16.6 Å². The summed E-state index contributed by atoms with van der Waals surface area (Å²) in [5.74, 6) is 1.37. The zero-order valence-electron chi connectivity index (χ0n) is 14.5. The Morgan fingerprint density at radius 3 is 2.73 bits per heavy atom. The molecule has 0 spiro atoms. The molecule has 0 bridgehead atoms. The molecule has 3 heterocycles. The van der Waals surface area contributed by atoms with E-state index >= 15 is 0 Å². The first kappa shape index (κ1) is 16.1. The van der Waals surface area contributed by atoms with Gasteiger partial charge in [-0.25, -0.2) is 9.50 Å². The first-order valence-electron chi connectivity index (χ1n) is 8.24. The van der Waals surface area contributed by atoms with E-state index in [0.717, 1.165) is 16.7 Å². The van der Waals surface area contributed by atoms with Crippen LogP contribution in [0.4, 0.5) is 0 Å². The van der Waals surface area contributed by atoms with Gasteiger partial charge in [0.2, 0.25) is 0 Å². The van der Waals surface area contributed by atoms with Gasteiger partial charge in [0.15, 0.2) is 17.1 Å². The SMILES string of the molecule is COc1ccc(CCn2ccc3c(cnc4ccnn43)c2=O)cc1OC. The lowest BCUT2D eigenvalue weighted by Crippen LogP contribution is -2.21. The summed E-state index contributed by atoms with van der Waals surface area (Å²) in [5.41, 5.74) is 2.47. The molecule has 0 saturated heterocycles. The number of fused-ring (bicyclic) bond motifs is 3. The highest BCUT2D eigenvalue weighted by molar-refractivity contribution is 5.78. The molecule has 0 atom stereocenters. The van der Waals surface area contributed by atoms with Crippen molar-refractivity contribution in [3.05, 3.63) is 64.8 Å².